The molecule has 48 heavy (non-hydrogen) atoms. The predicted molar refractivity (Wildman–Crippen MR) is 178 cm³/mol. The Morgan fingerprint density at radius 3 is 1.08 bits per heavy atom. The van der Waals surface area contributed by atoms with Gasteiger partial charge in [-0.2, -0.15) is 0 Å². The first-order valence-electron chi connectivity index (χ1n) is 15.8. The van der Waals surface area contributed by atoms with Gasteiger partial charge in [0, 0.05) is 11.1 Å². The Morgan fingerprint density at radius 1 is 0.542 bits per heavy atom. The molecule has 0 aliphatic heterocycles. The van der Waals surface area contributed by atoms with Gasteiger partial charge in [0.2, 0.25) is 0 Å². The quantitative estimate of drug-likeness (QED) is 0.149. The zero-order valence-electron chi connectivity index (χ0n) is 29.4. The minimum atomic E-state index is -0.991. The van der Waals surface area contributed by atoms with Gasteiger partial charge in [0.1, 0.15) is 23.3 Å². The molecule has 12 heteroatoms. The summed E-state index contributed by atoms with van der Waals surface area (Å²) in [6, 6.07) is 11.3. The smallest absolute Gasteiger partial charge is 0.408 e. The molecule has 0 spiro atoms. The second kappa shape index (κ2) is 16.9. The van der Waals surface area contributed by atoms with Crippen LogP contribution in [0.25, 0.3) is 11.1 Å². The molecule has 2 atom stereocenters. The van der Waals surface area contributed by atoms with Gasteiger partial charge in [0.05, 0.1) is 0 Å². The lowest BCUT2D eigenvalue weighted by Gasteiger charge is -2.24. The Morgan fingerprint density at radius 2 is 0.833 bits per heavy atom. The molecule has 0 aromatic heterocycles. The van der Waals surface area contributed by atoms with Gasteiger partial charge in [-0.25, -0.2) is 19.2 Å². The molecule has 262 valence electrons. The van der Waals surface area contributed by atoms with Crippen LogP contribution in [0.4, 0.5) is 9.59 Å². The maximum atomic E-state index is 12.7. The second-order valence-corrected chi connectivity index (χ2v) is 14.0. The van der Waals surface area contributed by atoms with Gasteiger partial charge in [0.15, 0.2) is 24.8 Å². The van der Waals surface area contributed by atoms with E-state index in [0.717, 1.165) is 11.1 Å². The van der Waals surface area contributed by atoms with Crippen LogP contribution in [-0.4, -0.2) is 72.2 Å². The van der Waals surface area contributed by atoms with E-state index in [1.165, 1.54) is 0 Å². The molecular formula is C36H48N2O10. The van der Waals surface area contributed by atoms with E-state index in [9.17, 15) is 28.8 Å². The van der Waals surface area contributed by atoms with E-state index in [4.69, 9.17) is 18.9 Å². The molecule has 12 nitrogen and oxygen atoms in total. The van der Waals surface area contributed by atoms with Crippen LogP contribution in [0, 0.1) is 11.8 Å². The van der Waals surface area contributed by atoms with E-state index in [0.29, 0.717) is 11.1 Å². The molecule has 2 rings (SSSR count). The van der Waals surface area contributed by atoms with Crippen molar-refractivity contribution in [2.45, 2.75) is 92.5 Å². The van der Waals surface area contributed by atoms with Crippen LogP contribution < -0.4 is 10.6 Å². The van der Waals surface area contributed by atoms with E-state index in [2.05, 4.69) is 10.6 Å². The Hall–Kier alpha value is -4.74. The van der Waals surface area contributed by atoms with Crippen molar-refractivity contribution in [2.75, 3.05) is 13.2 Å². The molecule has 0 aliphatic rings. The average Bonchev–Trinajstić information content (AvgIpc) is 2.98. The summed E-state index contributed by atoms with van der Waals surface area (Å²) in [7, 11) is 0. The molecule has 0 saturated carbocycles. The molecule has 2 aromatic carbocycles. The predicted octanol–water partition coefficient (Wildman–Crippen LogP) is 5.90. The van der Waals surface area contributed by atoms with Crippen molar-refractivity contribution >= 4 is 35.7 Å². The van der Waals surface area contributed by atoms with E-state index in [-0.39, 0.29) is 11.8 Å². The molecule has 2 aromatic rings. The molecule has 0 fully saturated rings. The number of amides is 2. The highest BCUT2D eigenvalue weighted by Crippen LogP contribution is 2.21. The minimum Gasteiger partial charge on any atom is -0.456 e. The van der Waals surface area contributed by atoms with Gasteiger partial charge in [-0.3, -0.25) is 9.59 Å². The zero-order valence-corrected chi connectivity index (χ0v) is 29.4. The minimum absolute atomic E-state index is 0.304. The fourth-order valence-corrected chi connectivity index (χ4v) is 4.18. The number of hydrogen-bond acceptors (Lipinski definition) is 10. The van der Waals surface area contributed by atoms with Gasteiger partial charge >= 0.3 is 24.1 Å². The number of alkyl carbamates (subject to hydrolysis) is 2. The first kappa shape index (κ1) is 39.4. The van der Waals surface area contributed by atoms with Crippen molar-refractivity contribution in [1.29, 1.82) is 0 Å². The number of ketones is 2. The van der Waals surface area contributed by atoms with Gasteiger partial charge < -0.3 is 29.6 Å². The Bertz CT molecular complexity index is 1340. The van der Waals surface area contributed by atoms with E-state index >= 15 is 0 Å². The molecule has 0 radical (unpaired) electrons. The number of carbonyl (C=O) groups is 6. The summed E-state index contributed by atoms with van der Waals surface area (Å²) in [5.74, 6) is -2.95. The summed E-state index contributed by atoms with van der Waals surface area (Å²) in [6.07, 6.45) is -1.52. The highest BCUT2D eigenvalue weighted by atomic mass is 16.6. The third kappa shape index (κ3) is 13.2. The van der Waals surface area contributed by atoms with Crippen LogP contribution in [0.1, 0.15) is 90.0 Å². The molecular weight excluding hydrogens is 620 g/mol. The highest BCUT2D eigenvalue weighted by molar-refractivity contribution is 5.99. The summed E-state index contributed by atoms with van der Waals surface area (Å²) >= 11 is 0. The van der Waals surface area contributed by atoms with Crippen molar-refractivity contribution in [3.05, 3.63) is 59.7 Å². The summed E-state index contributed by atoms with van der Waals surface area (Å²) < 4.78 is 20.8. The normalized spacial score (nSPS) is 12.8. The monoisotopic (exact) mass is 668 g/mol. The number of esters is 2. The zero-order chi connectivity index (χ0) is 36.4. The standard InChI is InChI=1S/C36H48N2O10/c1-21(2)29(37-33(43)47-35(5,6)7)31(41)45-19-27(39)25-15-11-23(12-16-25)24-13-17-26(18-14-24)28(40)20-46-32(42)30(22(3)4)38-34(44)48-36(8,9)10/h11-18,21-22,29-30H,19-20H2,1-10H3,(H,37,43)(H,38,44)/t29-,30-/m0/s1. The lowest BCUT2D eigenvalue weighted by molar-refractivity contribution is -0.146. The van der Waals surface area contributed by atoms with Crippen LogP contribution in [-0.2, 0) is 28.5 Å². The third-order valence-electron chi connectivity index (χ3n) is 6.62. The van der Waals surface area contributed by atoms with Crippen molar-refractivity contribution in [3.63, 3.8) is 0 Å². The van der Waals surface area contributed by atoms with Gasteiger partial charge in [-0.1, -0.05) is 76.2 Å². The van der Waals surface area contributed by atoms with Crippen LogP contribution in [0.3, 0.4) is 0 Å². The summed E-state index contributed by atoms with van der Waals surface area (Å²) in [6.45, 7) is 16.2. The molecule has 0 aliphatic carbocycles. The molecule has 0 heterocycles. The second-order valence-electron chi connectivity index (χ2n) is 14.0. The SMILES string of the molecule is CC(C)[C@H](NC(=O)OC(C)(C)C)C(=O)OCC(=O)c1ccc(-c2ccc(C(=O)COC(=O)[C@@H](NC(=O)OC(C)(C)C)C(C)C)cc2)cc1. The number of ether oxygens (including phenoxy) is 4. The number of benzene rings is 2. The summed E-state index contributed by atoms with van der Waals surface area (Å²) in [5.41, 5.74) is 0.697. The van der Waals surface area contributed by atoms with Crippen molar-refractivity contribution in [3.8, 4) is 11.1 Å². The Kier molecular flexibility index (Phi) is 13.9. The maximum absolute atomic E-state index is 12.7. The highest BCUT2D eigenvalue weighted by Gasteiger charge is 2.30. The average molecular weight is 669 g/mol. The van der Waals surface area contributed by atoms with Crippen molar-refractivity contribution < 1.29 is 47.7 Å². The van der Waals surface area contributed by atoms with Gasteiger partial charge in [-0.15, -0.1) is 0 Å². The lowest BCUT2D eigenvalue weighted by atomic mass is 10.0. The molecule has 0 bridgehead atoms. The van der Waals surface area contributed by atoms with Crippen LogP contribution >= 0.6 is 0 Å². The third-order valence-corrected chi connectivity index (χ3v) is 6.62. The summed E-state index contributed by atoms with van der Waals surface area (Å²) in [4.78, 5) is 75.0. The number of hydrogen-bond donors (Lipinski definition) is 2. The van der Waals surface area contributed by atoms with Crippen LogP contribution in [0.5, 0.6) is 0 Å². The number of rotatable bonds is 13. The Balaban J connectivity index is 1.95. The van der Waals surface area contributed by atoms with Crippen molar-refractivity contribution in [2.24, 2.45) is 11.8 Å². The Labute approximate surface area is 282 Å². The first-order chi connectivity index (χ1) is 22.2. The number of nitrogens with one attached hydrogen (secondary N) is 2. The van der Waals surface area contributed by atoms with E-state index < -0.39 is 72.2 Å². The lowest BCUT2D eigenvalue weighted by Crippen LogP contribution is -2.47. The van der Waals surface area contributed by atoms with Gasteiger partial charge in [-0.05, 0) is 64.5 Å². The molecule has 0 saturated heterocycles. The number of carbonyl (C=O) groups excluding carboxylic acids is 6. The summed E-state index contributed by atoms with van der Waals surface area (Å²) in [5, 5.41) is 4.99. The maximum Gasteiger partial charge on any atom is 0.408 e. The topological polar surface area (TPSA) is 163 Å². The molecule has 2 amide bonds. The fourth-order valence-electron chi connectivity index (χ4n) is 4.18. The largest absolute Gasteiger partial charge is 0.456 e. The van der Waals surface area contributed by atoms with Crippen LogP contribution in [0.2, 0.25) is 0 Å². The van der Waals surface area contributed by atoms with E-state index in [1.807, 2.05) is 0 Å². The fraction of sp³-hybridized carbons (Fsp3) is 0.500. The van der Waals surface area contributed by atoms with E-state index in [1.54, 1.807) is 118 Å². The van der Waals surface area contributed by atoms with Gasteiger partial charge in [0.25, 0.3) is 0 Å². The number of Topliss-reactive ketones (excluding diaryl/α,β-unsaturated/α-hetero) is 2. The van der Waals surface area contributed by atoms with Crippen molar-refractivity contribution in [1.82, 2.24) is 10.6 Å². The molecule has 2 N–H and O–H groups in total. The first-order valence-corrected chi connectivity index (χ1v) is 15.8. The van der Waals surface area contributed by atoms with Crippen LogP contribution in [0.15, 0.2) is 48.5 Å². The molecule has 0 unspecified atom stereocenters.